The van der Waals surface area contributed by atoms with Crippen LogP contribution in [0, 0.1) is 0 Å². The Morgan fingerprint density at radius 1 is 0.262 bits per heavy atom. The van der Waals surface area contributed by atoms with Gasteiger partial charge < -0.3 is 4.90 Å². The first kappa shape index (κ1) is 37.1. The highest BCUT2D eigenvalue weighted by molar-refractivity contribution is 7.99. The highest BCUT2D eigenvalue weighted by Gasteiger charge is 2.52. The molecule has 65 heavy (non-hydrogen) atoms. The SMILES string of the molecule is c1ccc(-c2ccccc2N(c2ccc3c(c2)-c2ccccc2C32c3ccccc3Sc3ccccc32)c2ccc3c(c2)-c2ccccc2C32c3ccccc3Sc3ccccc32)cc1. The molecular formula is C62H39NS2. The van der Waals surface area contributed by atoms with Crippen molar-refractivity contribution in [3.05, 3.63) is 281 Å². The molecule has 0 N–H and O–H groups in total. The summed E-state index contributed by atoms with van der Waals surface area (Å²) < 4.78 is 0. The third-order valence-corrected chi connectivity index (χ3v) is 16.7. The van der Waals surface area contributed by atoms with Crippen molar-refractivity contribution in [2.75, 3.05) is 4.90 Å². The van der Waals surface area contributed by atoms with E-state index in [1.807, 2.05) is 23.5 Å². The minimum atomic E-state index is -0.438. The van der Waals surface area contributed by atoms with Crippen molar-refractivity contribution in [1.29, 1.82) is 0 Å². The molecule has 14 rings (SSSR count). The molecule has 10 aromatic carbocycles. The van der Waals surface area contributed by atoms with Gasteiger partial charge in [-0.2, -0.15) is 0 Å². The summed E-state index contributed by atoms with van der Waals surface area (Å²) in [6.07, 6.45) is 0. The van der Waals surface area contributed by atoms with E-state index in [4.69, 9.17) is 0 Å². The van der Waals surface area contributed by atoms with Crippen LogP contribution >= 0.6 is 23.5 Å². The number of nitrogens with zero attached hydrogens (tertiary/aromatic N) is 1. The van der Waals surface area contributed by atoms with Gasteiger partial charge in [0.1, 0.15) is 0 Å². The number of para-hydroxylation sites is 1. The summed E-state index contributed by atoms with van der Waals surface area (Å²) in [7, 11) is 0. The van der Waals surface area contributed by atoms with Crippen molar-refractivity contribution >= 4 is 40.6 Å². The Kier molecular flexibility index (Phi) is 8.05. The van der Waals surface area contributed by atoms with E-state index < -0.39 is 10.8 Å². The van der Waals surface area contributed by atoms with E-state index in [0.717, 1.165) is 17.1 Å². The molecule has 2 aliphatic heterocycles. The number of hydrogen-bond acceptors (Lipinski definition) is 3. The first-order valence-electron chi connectivity index (χ1n) is 22.4. The zero-order valence-corrected chi connectivity index (χ0v) is 36.9. The fraction of sp³-hybridized carbons (Fsp3) is 0.0323. The van der Waals surface area contributed by atoms with Gasteiger partial charge in [-0.1, -0.05) is 206 Å². The van der Waals surface area contributed by atoms with Crippen molar-refractivity contribution in [1.82, 2.24) is 0 Å². The van der Waals surface area contributed by atoms with Gasteiger partial charge in [-0.3, -0.25) is 0 Å². The van der Waals surface area contributed by atoms with Gasteiger partial charge in [0.2, 0.25) is 0 Å². The molecular weight excluding hydrogens is 823 g/mol. The van der Waals surface area contributed by atoms with Crippen LogP contribution in [0.1, 0.15) is 44.5 Å². The number of fused-ring (bicyclic) bond motifs is 18. The fourth-order valence-corrected chi connectivity index (χ4v) is 14.3. The molecule has 3 heteroatoms. The number of rotatable bonds is 4. The summed E-state index contributed by atoms with van der Waals surface area (Å²) in [6.45, 7) is 0. The van der Waals surface area contributed by atoms with Gasteiger partial charge in [-0.15, -0.1) is 0 Å². The van der Waals surface area contributed by atoms with Gasteiger partial charge in [0.25, 0.3) is 0 Å². The molecule has 0 aromatic heterocycles. The quantitative estimate of drug-likeness (QED) is 0.174. The first-order valence-corrected chi connectivity index (χ1v) is 24.0. The van der Waals surface area contributed by atoms with Crippen LogP contribution in [-0.2, 0) is 10.8 Å². The molecule has 0 amide bonds. The minimum Gasteiger partial charge on any atom is -0.310 e. The summed E-state index contributed by atoms with van der Waals surface area (Å²) in [6, 6.07) is 88.9. The van der Waals surface area contributed by atoms with Crippen LogP contribution in [-0.4, -0.2) is 0 Å². The molecule has 2 spiro atoms. The Hall–Kier alpha value is -7.30. The lowest BCUT2D eigenvalue weighted by atomic mass is 9.67. The standard InChI is InChI=1S/C62H39NS2/c1-2-18-40(19-3-1)43-20-6-13-29-56(43)63(41-34-36-50-46(38-41)44-21-4-7-23-48(44)61(50)52-25-9-14-30-57(52)64-58-31-15-10-26-53(58)61)42-35-37-51-47(39-42)45-22-5-8-24-49(45)62(51)54-27-11-16-32-59(54)65-60-33-17-12-28-55(60)62/h1-39H. The van der Waals surface area contributed by atoms with E-state index in [9.17, 15) is 0 Å². The van der Waals surface area contributed by atoms with Crippen molar-refractivity contribution in [2.24, 2.45) is 0 Å². The van der Waals surface area contributed by atoms with Gasteiger partial charge in [0, 0.05) is 36.5 Å². The Labute approximate surface area is 388 Å². The summed E-state index contributed by atoms with van der Waals surface area (Å²) in [5, 5.41) is 0. The highest BCUT2D eigenvalue weighted by Crippen LogP contribution is 2.65. The number of benzene rings is 10. The Morgan fingerprint density at radius 3 is 1.05 bits per heavy atom. The van der Waals surface area contributed by atoms with Gasteiger partial charge >= 0.3 is 0 Å². The first-order chi connectivity index (χ1) is 32.2. The summed E-state index contributed by atoms with van der Waals surface area (Å²) in [5.74, 6) is 0. The lowest BCUT2D eigenvalue weighted by Gasteiger charge is -2.40. The van der Waals surface area contributed by atoms with Gasteiger partial charge in [-0.25, -0.2) is 0 Å². The highest BCUT2D eigenvalue weighted by atomic mass is 32.2. The van der Waals surface area contributed by atoms with Crippen molar-refractivity contribution in [3.63, 3.8) is 0 Å². The van der Waals surface area contributed by atoms with Crippen LogP contribution in [0.5, 0.6) is 0 Å². The van der Waals surface area contributed by atoms with Crippen LogP contribution in [0.15, 0.2) is 256 Å². The predicted molar refractivity (Wildman–Crippen MR) is 269 cm³/mol. The summed E-state index contributed by atoms with van der Waals surface area (Å²) >= 11 is 3.78. The van der Waals surface area contributed by atoms with E-state index in [-0.39, 0.29) is 0 Å². The fourth-order valence-electron chi connectivity index (χ4n) is 11.9. The van der Waals surface area contributed by atoms with Crippen LogP contribution in [0.2, 0.25) is 0 Å². The third kappa shape index (κ3) is 5.03. The molecule has 0 bridgehead atoms. The van der Waals surface area contributed by atoms with E-state index in [2.05, 4.69) is 241 Å². The molecule has 0 radical (unpaired) electrons. The summed E-state index contributed by atoms with van der Waals surface area (Å²) in [5.41, 5.74) is 20.7. The smallest absolute Gasteiger partial charge is 0.0735 e. The van der Waals surface area contributed by atoms with E-state index >= 15 is 0 Å². The van der Waals surface area contributed by atoms with Crippen molar-refractivity contribution in [2.45, 2.75) is 30.4 Å². The number of hydrogen-bond donors (Lipinski definition) is 0. The summed E-state index contributed by atoms with van der Waals surface area (Å²) in [4.78, 5) is 7.77. The molecule has 0 fully saturated rings. The van der Waals surface area contributed by atoms with Crippen LogP contribution in [0.25, 0.3) is 33.4 Å². The van der Waals surface area contributed by atoms with E-state index in [1.54, 1.807) is 0 Å². The molecule has 2 heterocycles. The molecule has 10 aromatic rings. The van der Waals surface area contributed by atoms with Gasteiger partial charge in [-0.05, 0) is 127 Å². The largest absolute Gasteiger partial charge is 0.310 e. The molecule has 4 aliphatic rings. The van der Waals surface area contributed by atoms with E-state index in [1.165, 1.54) is 97.5 Å². The second kappa shape index (κ2) is 14.1. The van der Waals surface area contributed by atoms with Crippen LogP contribution < -0.4 is 4.90 Å². The van der Waals surface area contributed by atoms with E-state index in [0.29, 0.717) is 0 Å². The molecule has 0 unspecified atom stereocenters. The van der Waals surface area contributed by atoms with Crippen molar-refractivity contribution < 1.29 is 0 Å². The van der Waals surface area contributed by atoms with Crippen LogP contribution in [0.3, 0.4) is 0 Å². The molecule has 1 nitrogen and oxygen atoms in total. The second-order valence-electron chi connectivity index (χ2n) is 17.5. The zero-order chi connectivity index (χ0) is 42.7. The zero-order valence-electron chi connectivity index (χ0n) is 35.3. The van der Waals surface area contributed by atoms with Gasteiger partial charge in [0.05, 0.1) is 16.5 Å². The average Bonchev–Trinajstić information content (AvgIpc) is 3.82. The second-order valence-corrected chi connectivity index (χ2v) is 19.6. The maximum atomic E-state index is 2.52. The third-order valence-electron chi connectivity index (χ3n) is 14.4. The average molecular weight is 862 g/mol. The van der Waals surface area contributed by atoms with Gasteiger partial charge in [0.15, 0.2) is 0 Å². The Bertz CT molecular complexity index is 3300. The maximum absolute atomic E-state index is 2.52. The lowest BCUT2D eigenvalue weighted by Crippen LogP contribution is -2.32. The normalized spacial score (nSPS) is 14.6. The monoisotopic (exact) mass is 861 g/mol. The minimum absolute atomic E-state index is 0.438. The molecule has 0 atom stereocenters. The Morgan fingerprint density at radius 2 is 0.600 bits per heavy atom. The maximum Gasteiger partial charge on any atom is 0.0735 e. The molecule has 0 saturated heterocycles. The molecule has 304 valence electrons. The Balaban J connectivity index is 1.03. The number of anilines is 3. The van der Waals surface area contributed by atoms with Crippen molar-refractivity contribution in [3.8, 4) is 33.4 Å². The lowest BCUT2D eigenvalue weighted by molar-refractivity contribution is 0.722. The molecule has 2 aliphatic carbocycles. The predicted octanol–water partition coefficient (Wildman–Crippen LogP) is 16.5. The molecule has 0 saturated carbocycles. The van der Waals surface area contributed by atoms with Crippen LogP contribution in [0.4, 0.5) is 17.1 Å². The topological polar surface area (TPSA) is 3.24 Å².